The van der Waals surface area contributed by atoms with Gasteiger partial charge in [0.2, 0.25) is 5.95 Å². The Bertz CT molecular complexity index is 1060. The highest BCUT2D eigenvalue weighted by Crippen LogP contribution is 2.25. The number of anilines is 4. The molecule has 2 N–H and O–H groups in total. The first-order valence-corrected chi connectivity index (χ1v) is 8.64. The van der Waals surface area contributed by atoms with E-state index in [0.717, 1.165) is 28.3 Å². The fourth-order valence-electron chi connectivity index (χ4n) is 2.73. The fraction of sp³-hybridized carbons (Fsp3) is 0.0952. The fourth-order valence-corrected chi connectivity index (χ4v) is 2.73. The van der Waals surface area contributed by atoms with E-state index < -0.39 is 0 Å². The zero-order chi connectivity index (χ0) is 18.6. The van der Waals surface area contributed by atoms with Crippen LogP contribution in [-0.4, -0.2) is 15.1 Å². The molecule has 2 heterocycles. The number of benzene rings is 2. The maximum absolute atomic E-state index is 5.12. The molecule has 27 heavy (non-hydrogen) atoms. The molecule has 4 rings (SSSR count). The summed E-state index contributed by atoms with van der Waals surface area (Å²) in [6, 6.07) is 21.8. The standard InChI is InChI=1S/C21H19N5O/c1-14-7-6-10-17(11-14)22-21-23-18(16-8-4-3-5-9-16)13-19(25-21)24-20-12-15(2)27-26-20/h3-13H,1-2H3,(H2,22,23,24,25,26). The number of nitrogens with one attached hydrogen (secondary N) is 2. The van der Waals surface area contributed by atoms with Crippen LogP contribution < -0.4 is 10.6 Å². The molecule has 134 valence electrons. The predicted octanol–water partition coefficient (Wildman–Crippen LogP) is 5.24. The van der Waals surface area contributed by atoms with Gasteiger partial charge in [-0.05, 0) is 31.5 Å². The molecule has 0 atom stereocenters. The molecule has 0 aliphatic rings. The van der Waals surface area contributed by atoms with E-state index in [1.165, 1.54) is 0 Å². The van der Waals surface area contributed by atoms with Gasteiger partial charge in [-0.1, -0.05) is 47.6 Å². The summed E-state index contributed by atoms with van der Waals surface area (Å²) in [4.78, 5) is 9.24. The Hall–Kier alpha value is -3.67. The highest BCUT2D eigenvalue weighted by atomic mass is 16.5. The third-order valence-corrected chi connectivity index (χ3v) is 3.95. The summed E-state index contributed by atoms with van der Waals surface area (Å²) >= 11 is 0. The molecule has 4 aromatic rings. The van der Waals surface area contributed by atoms with Crippen LogP contribution in [0.15, 0.2) is 71.3 Å². The van der Waals surface area contributed by atoms with Gasteiger partial charge in [0.05, 0.1) is 5.69 Å². The lowest BCUT2D eigenvalue weighted by Gasteiger charge is -2.11. The summed E-state index contributed by atoms with van der Waals surface area (Å²) < 4.78 is 5.12. The summed E-state index contributed by atoms with van der Waals surface area (Å²) in [7, 11) is 0. The Morgan fingerprint density at radius 3 is 2.37 bits per heavy atom. The van der Waals surface area contributed by atoms with Crippen molar-refractivity contribution in [1.29, 1.82) is 0 Å². The molecule has 0 saturated heterocycles. The van der Waals surface area contributed by atoms with Crippen molar-refractivity contribution < 1.29 is 4.52 Å². The molecule has 0 radical (unpaired) electrons. The molecular formula is C21H19N5O. The second-order valence-corrected chi connectivity index (χ2v) is 6.27. The number of aromatic nitrogens is 3. The molecule has 6 heteroatoms. The summed E-state index contributed by atoms with van der Waals surface area (Å²) in [6.07, 6.45) is 0. The van der Waals surface area contributed by atoms with Crippen LogP contribution in [0.5, 0.6) is 0 Å². The minimum atomic E-state index is 0.504. The number of nitrogens with zero attached hydrogens (tertiary/aromatic N) is 3. The number of aryl methyl sites for hydroxylation is 2. The van der Waals surface area contributed by atoms with Gasteiger partial charge in [0.25, 0.3) is 0 Å². The summed E-state index contributed by atoms with van der Waals surface area (Å²) in [5, 5.41) is 10.4. The van der Waals surface area contributed by atoms with Gasteiger partial charge < -0.3 is 15.2 Å². The molecule has 0 amide bonds. The van der Waals surface area contributed by atoms with Crippen LogP contribution in [0.25, 0.3) is 11.3 Å². The van der Waals surface area contributed by atoms with Gasteiger partial charge in [-0.2, -0.15) is 4.98 Å². The first-order valence-electron chi connectivity index (χ1n) is 8.64. The highest BCUT2D eigenvalue weighted by molar-refractivity contribution is 5.68. The molecule has 0 unspecified atom stereocenters. The van der Waals surface area contributed by atoms with Gasteiger partial charge in [0, 0.05) is 23.4 Å². The van der Waals surface area contributed by atoms with Crippen molar-refractivity contribution in [3.8, 4) is 11.3 Å². The van der Waals surface area contributed by atoms with Crippen molar-refractivity contribution in [1.82, 2.24) is 15.1 Å². The molecule has 0 fully saturated rings. The van der Waals surface area contributed by atoms with Gasteiger partial charge >= 0.3 is 0 Å². The maximum Gasteiger partial charge on any atom is 0.229 e. The number of hydrogen-bond donors (Lipinski definition) is 2. The van der Waals surface area contributed by atoms with Crippen molar-refractivity contribution in [2.45, 2.75) is 13.8 Å². The maximum atomic E-state index is 5.12. The lowest BCUT2D eigenvalue weighted by atomic mass is 10.1. The Labute approximate surface area is 157 Å². The molecule has 2 aromatic heterocycles. The minimum absolute atomic E-state index is 0.504. The third-order valence-electron chi connectivity index (χ3n) is 3.95. The Morgan fingerprint density at radius 1 is 0.778 bits per heavy atom. The first kappa shape index (κ1) is 16.8. The van der Waals surface area contributed by atoms with E-state index >= 15 is 0 Å². The second kappa shape index (κ2) is 7.29. The Morgan fingerprint density at radius 2 is 1.63 bits per heavy atom. The summed E-state index contributed by atoms with van der Waals surface area (Å²) in [5.41, 5.74) is 3.91. The van der Waals surface area contributed by atoms with E-state index in [9.17, 15) is 0 Å². The SMILES string of the molecule is Cc1cccc(Nc2nc(Nc3cc(C)on3)cc(-c3ccccc3)n2)c1. The molecule has 0 bridgehead atoms. The lowest BCUT2D eigenvalue weighted by molar-refractivity contribution is 0.400. The van der Waals surface area contributed by atoms with Crippen molar-refractivity contribution >= 4 is 23.3 Å². The third kappa shape index (κ3) is 4.12. The monoisotopic (exact) mass is 357 g/mol. The quantitative estimate of drug-likeness (QED) is 0.509. The van der Waals surface area contributed by atoms with Crippen molar-refractivity contribution in [2.24, 2.45) is 0 Å². The zero-order valence-electron chi connectivity index (χ0n) is 15.1. The number of rotatable bonds is 5. The van der Waals surface area contributed by atoms with Gasteiger partial charge in [-0.25, -0.2) is 4.98 Å². The molecule has 0 aliphatic heterocycles. The van der Waals surface area contributed by atoms with Gasteiger partial charge in [0.1, 0.15) is 11.6 Å². The lowest BCUT2D eigenvalue weighted by Crippen LogP contribution is -2.02. The minimum Gasteiger partial charge on any atom is -0.360 e. The zero-order valence-corrected chi connectivity index (χ0v) is 15.1. The van der Waals surface area contributed by atoms with Crippen LogP contribution >= 0.6 is 0 Å². The van der Waals surface area contributed by atoms with Crippen LogP contribution in [0.4, 0.5) is 23.3 Å². The van der Waals surface area contributed by atoms with Crippen molar-refractivity contribution in [3.05, 3.63) is 78.1 Å². The summed E-state index contributed by atoms with van der Waals surface area (Å²) in [5.74, 6) is 2.47. The molecule has 0 aliphatic carbocycles. The molecule has 2 aromatic carbocycles. The molecule has 0 saturated carbocycles. The normalized spacial score (nSPS) is 10.6. The van der Waals surface area contributed by atoms with Crippen LogP contribution in [0.1, 0.15) is 11.3 Å². The van der Waals surface area contributed by atoms with E-state index in [4.69, 9.17) is 4.52 Å². The smallest absolute Gasteiger partial charge is 0.229 e. The number of hydrogen-bond acceptors (Lipinski definition) is 6. The van der Waals surface area contributed by atoms with Gasteiger partial charge in [-0.15, -0.1) is 0 Å². The average Bonchev–Trinajstić information content (AvgIpc) is 3.07. The molecule has 0 spiro atoms. The Balaban J connectivity index is 1.71. The van der Waals surface area contributed by atoms with E-state index in [1.54, 1.807) is 0 Å². The first-order chi connectivity index (χ1) is 13.2. The van der Waals surface area contributed by atoms with Crippen LogP contribution in [-0.2, 0) is 0 Å². The van der Waals surface area contributed by atoms with E-state index in [1.807, 2.05) is 80.6 Å². The van der Waals surface area contributed by atoms with Crippen molar-refractivity contribution in [2.75, 3.05) is 10.6 Å². The topological polar surface area (TPSA) is 75.9 Å². The Kier molecular flexibility index (Phi) is 4.53. The second-order valence-electron chi connectivity index (χ2n) is 6.27. The van der Waals surface area contributed by atoms with Crippen molar-refractivity contribution in [3.63, 3.8) is 0 Å². The molecule has 6 nitrogen and oxygen atoms in total. The van der Waals surface area contributed by atoms with E-state index in [0.29, 0.717) is 17.6 Å². The van der Waals surface area contributed by atoms with Crippen LogP contribution in [0.2, 0.25) is 0 Å². The van der Waals surface area contributed by atoms with E-state index in [2.05, 4.69) is 25.8 Å². The van der Waals surface area contributed by atoms with Gasteiger partial charge in [-0.3, -0.25) is 0 Å². The average molecular weight is 357 g/mol. The van der Waals surface area contributed by atoms with E-state index in [-0.39, 0.29) is 0 Å². The predicted molar refractivity (Wildman–Crippen MR) is 106 cm³/mol. The van der Waals surface area contributed by atoms with Gasteiger partial charge in [0.15, 0.2) is 5.82 Å². The largest absolute Gasteiger partial charge is 0.360 e. The molecular weight excluding hydrogens is 338 g/mol. The highest BCUT2D eigenvalue weighted by Gasteiger charge is 2.09. The summed E-state index contributed by atoms with van der Waals surface area (Å²) in [6.45, 7) is 3.89. The van der Waals surface area contributed by atoms with Crippen LogP contribution in [0, 0.1) is 13.8 Å². The van der Waals surface area contributed by atoms with Crippen LogP contribution in [0.3, 0.4) is 0 Å².